The first-order valence-electron chi connectivity index (χ1n) is 5.50. The van der Waals surface area contributed by atoms with Gasteiger partial charge < -0.3 is 5.32 Å². The van der Waals surface area contributed by atoms with Gasteiger partial charge in [0, 0.05) is 17.5 Å². The van der Waals surface area contributed by atoms with Gasteiger partial charge in [0.25, 0.3) is 5.91 Å². The molecule has 86 valence electrons. The predicted octanol–water partition coefficient (Wildman–Crippen LogP) is 2.50. The summed E-state index contributed by atoms with van der Waals surface area (Å²) in [6.45, 7) is 2.64. The minimum absolute atomic E-state index is 0.113. The maximum atomic E-state index is 11.9. The molecule has 0 saturated heterocycles. The zero-order chi connectivity index (χ0) is 12.1. The number of rotatable bonds is 2. The van der Waals surface area contributed by atoms with E-state index >= 15 is 0 Å². The zero-order valence-electron chi connectivity index (χ0n) is 9.68. The second-order valence-electron chi connectivity index (χ2n) is 3.86. The molecule has 1 amide bonds. The van der Waals surface area contributed by atoms with E-state index in [-0.39, 0.29) is 5.91 Å². The first kappa shape index (κ1) is 11.3. The Morgan fingerprint density at radius 3 is 2.82 bits per heavy atom. The Hall–Kier alpha value is -2.16. The second kappa shape index (κ2) is 5.25. The molecule has 3 nitrogen and oxygen atoms in total. The predicted molar refractivity (Wildman–Crippen MR) is 70.4 cm³/mol. The summed E-state index contributed by atoms with van der Waals surface area (Å²) in [5.41, 5.74) is 2.59. The van der Waals surface area contributed by atoms with Crippen LogP contribution >= 0.6 is 0 Å². The number of carbonyl (C=O) groups excluding carboxylic acids is 1. The zero-order valence-corrected chi connectivity index (χ0v) is 9.68. The van der Waals surface area contributed by atoms with Crippen LogP contribution in [0, 0.1) is 6.92 Å². The number of amides is 1. The van der Waals surface area contributed by atoms with Gasteiger partial charge >= 0.3 is 0 Å². The number of allylic oxidation sites excluding steroid dienone is 1. The Kier molecular flexibility index (Phi) is 3.50. The van der Waals surface area contributed by atoms with E-state index in [1.165, 1.54) is 5.56 Å². The van der Waals surface area contributed by atoms with E-state index in [9.17, 15) is 4.79 Å². The molecule has 2 rings (SSSR count). The Balaban J connectivity index is 2.09. The Bertz CT molecular complexity index is 495. The molecule has 1 heterocycles. The molecule has 0 radical (unpaired) electrons. The third-order valence-corrected chi connectivity index (χ3v) is 2.44. The summed E-state index contributed by atoms with van der Waals surface area (Å²) in [7, 11) is 0. The maximum Gasteiger partial charge on any atom is 0.255 e. The minimum Gasteiger partial charge on any atom is -0.322 e. The average molecular weight is 226 g/mol. The summed E-state index contributed by atoms with van der Waals surface area (Å²) >= 11 is 0. The van der Waals surface area contributed by atoms with Crippen LogP contribution in [0.3, 0.4) is 0 Å². The van der Waals surface area contributed by atoms with Crippen LogP contribution in [0.1, 0.15) is 5.56 Å². The van der Waals surface area contributed by atoms with Gasteiger partial charge in [-0.2, -0.15) is 0 Å². The van der Waals surface area contributed by atoms with Crippen LogP contribution in [-0.2, 0) is 4.79 Å². The van der Waals surface area contributed by atoms with Crippen LogP contribution < -0.4 is 5.32 Å². The highest BCUT2D eigenvalue weighted by molar-refractivity contribution is 6.08. The number of aliphatic imine (C=N–C) groups is 1. The van der Waals surface area contributed by atoms with Crippen molar-refractivity contribution in [2.75, 3.05) is 11.9 Å². The van der Waals surface area contributed by atoms with Gasteiger partial charge in [0.05, 0.1) is 6.54 Å². The summed E-state index contributed by atoms with van der Waals surface area (Å²) in [5.74, 6) is -0.113. The molecule has 0 spiro atoms. The lowest BCUT2D eigenvalue weighted by Crippen LogP contribution is -2.13. The van der Waals surface area contributed by atoms with Gasteiger partial charge in [0.1, 0.15) is 0 Å². The van der Waals surface area contributed by atoms with Crippen LogP contribution in [0.2, 0.25) is 0 Å². The number of hydrogen-bond acceptors (Lipinski definition) is 2. The van der Waals surface area contributed by atoms with Crippen LogP contribution in [0.25, 0.3) is 0 Å². The largest absolute Gasteiger partial charge is 0.322 e. The SMILES string of the molecule is Cc1ccc(NC(=O)C2=CC=NCC=C2)cc1. The number of hydrogen-bond donors (Lipinski definition) is 1. The van der Waals surface area contributed by atoms with E-state index in [0.717, 1.165) is 5.69 Å². The molecule has 0 aromatic heterocycles. The molecule has 0 fully saturated rings. The number of benzene rings is 1. The molecule has 1 aliphatic heterocycles. The van der Waals surface area contributed by atoms with Gasteiger partial charge in [-0.1, -0.05) is 29.8 Å². The smallest absolute Gasteiger partial charge is 0.255 e. The van der Waals surface area contributed by atoms with Crippen molar-refractivity contribution in [1.29, 1.82) is 0 Å². The summed E-state index contributed by atoms with van der Waals surface area (Å²) in [4.78, 5) is 16.0. The topological polar surface area (TPSA) is 41.5 Å². The molecule has 1 N–H and O–H groups in total. The molecule has 0 bridgehead atoms. The van der Waals surface area contributed by atoms with Crippen molar-refractivity contribution in [1.82, 2.24) is 0 Å². The number of nitrogens with one attached hydrogen (secondary N) is 1. The van der Waals surface area contributed by atoms with E-state index in [0.29, 0.717) is 12.1 Å². The van der Waals surface area contributed by atoms with Crippen molar-refractivity contribution in [3.63, 3.8) is 0 Å². The first-order chi connectivity index (χ1) is 8.25. The first-order valence-corrected chi connectivity index (χ1v) is 5.50. The quantitative estimate of drug-likeness (QED) is 0.827. The van der Waals surface area contributed by atoms with E-state index in [1.807, 2.05) is 37.3 Å². The van der Waals surface area contributed by atoms with Gasteiger partial charge in [0.2, 0.25) is 0 Å². The molecule has 0 atom stereocenters. The fourth-order valence-electron chi connectivity index (χ4n) is 1.48. The van der Waals surface area contributed by atoms with Crippen LogP contribution in [0.5, 0.6) is 0 Å². The monoisotopic (exact) mass is 226 g/mol. The van der Waals surface area contributed by atoms with Gasteiger partial charge in [-0.25, -0.2) is 0 Å². The molecule has 17 heavy (non-hydrogen) atoms. The van der Waals surface area contributed by atoms with E-state index in [4.69, 9.17) is 0 Å². The second-order valence-corrected chi connectivity index (χ2v) is 3.86. The lowest BCUT2D eigenvalue weighted by Gasteiger charge is -2.05. The third-order valence-electron chi connectivity index (χ3n) is 2.44. The Labute approximate surface area is 101 Å². The average Bonchev–Trinajstić information content (AvgIpc) is 2.61. The van der Waals surface area contributed by atoms with Gasteiger partial charge in [0.15, 0.2) is 0 Å². The molecular formula is C14H14N2O. The van der Waals surface area contributed by atoms with Gasteiger partial charge in [-0.15, -0.1) is 0 Å². The van der Waals surface area contributed by atoms with Crippen molar-refractivity contribution < 1.29 is 4.79 Å². The van der Waals surface area contributed by atoms with E-state index < -0.39 is 0 Å². The van der Waals surface area contributed by atoms with Crippen molar-refractivity contribution in [2.45, 2.75) is 6.92 Å². The van der Waals surface area contributed by atoms with E-state index in [1.54, 1.807) is 18.4 Å². The summed E-state index contributed by atoms with van der Waals surface area (Å²) in [5, 5.41) is 2.85. The molecule has 0 unspecified atom stereocenters. The van der Waals surface area contributed by atoms with E-state index in [2.05, 4.69) is 10.3 Å². The van der Waals surface area contributed by atoms with Crippen molar-refractivity contribution in [3.8, 4) is 0 Å². The molecule has 0 saturated carbocycles. The number of nitrogens with zero attached hydrogens (tertiary/aromatic N) is 1. The van der Waals surface area contributed by atoms with Gasteiger partial charge in [-0.05, 0) is 25.1 Å². The van der Waals surface area contributed by atoms with Gasteiger partial charge in [-0.3, -0.25) is 9.79 Å². The standard InChI is InChI=1S/C14H14N2O/c1-11-4-6-13(7-5-11)16-14(17)12-3-2-9-15-10-8-12/h2-8,10H,9H2,1H3,(H,16,17). The van der Waals surface area contributed by atoms with Crippen molar-refractivity contribution in [2.24, 2.45) is 4.99 Å². The highest BCUT2D eigenvalue weighted by Gasteiger charge is 2.06. The highest BCUT2D eigenvalue weighted by Crippen LogP contribution is 2.11. The fraction of sp³-hybridized carbons (Fsp3) is 0.143. The molecule has 1 aliphatic rings. The molecule has 1 aromatic carbocycles. The van der Waals surface area contributed by atoms with Crippen LogP contribution in [0.4, 0.5) is 5.69 Å². The minimum atomic E-state index is -0.113. The Morgan fingerprint density at radius 2 is 2.06 bits per heavy atom. The number of carbonyl (C=O) groups is 1. The normalized spacial score (nSPS) is 14.1. The summed E-state index contributed by atoms with van der Waals surface area (Å²) in [6, 6.07) is 7.72. The van der Waals surface area contributed by atoms with Crippen LogP contribution in [0.15, 0.2) is 53.1 Å². The molecule has 3 heteroatoms. The van der Waals surface area contributed by atoms with Crippen molar-refractivity contribution in [3.05, 3.63) is 53.6 Å². The maximum absolute atomic E-state index is 11.9. The lowest BCUT2D eigenvalue weighted by molar-refractivity contribution is -0.112. The Morgan fingerprint density at radius 1 is 1.29 bits per heavy atom. The summed E-state index contributed by atoms with van der Waals surface area (Å²) in [6.07, 6.45) is 7.03. The third kappa shape index (κ3) is 3.14. The molecule has 0 aliphatic carbocycles. The molecule has 1 aromatic rings. The van der Waals surface area contributed by atoms with Crippen LogP contribution in [-0.4, -0.2) is 18.7 Å². The number of aryl methyl sites for hydroxylation is 1. The fourth-order valence-corrected chi connectivity index (χ4v) is 1.48. The number of anilines is 1. The highest BCUT2D eigenvalue weighted by atomic mass is 16.1. The summed E-state index contributed by atoms with van der Waals surface area (Å²) < 4.78 is 0. The lowest BCUT2D eigenvalue weighted by atomic mass is 10.2. The van der Waals surface area contributed by atoms with Crippen molar-refractivity contribution >= 4 is 17.8 Å². The molecular weight excluding hydrogens is 212 g/mol.